The van der Waals surface area contributed by atoms with E-state index in [1.165, 1.54) is 0 Å². The Morgan fingerprint density at radius 3 is 2.79 bits per heavy atom. The van der Waals surface area contributed by atoms with Crippen LogP contribution in [0.25, 0.3) is 11.2 Å². The lowest BCUT2D eigenvalue weighted by atomic mass is 10.2. The van der Waals surface area contributed by atoms with Crippen LogP contribution < -0.4 is 15.2 Å². The van der Waals surface area contributed by atoms with Crippen LogP contribution in [-0.4, -0.2) is 37.8 Å². The summed E-state index contributed by atoms with van der Waals surface area (Å²) in [5, 5.41) is 10.2. The summed E-state index contributed by atoms with van der Waals surface area (Å²) < 4.78 is 12.9. The lowest BCUT2D eigenvalue weighted by Crippen LogP contribution is -2.08. The van der Waals surface area contributed by atoms with Gasteiger partial charge in [-0.25, -0.2) is 0 Å². The van der Waals surface area contributed by atoms with Gasteiger partial charge in [0.15, 0.2) is 17.0 Å². The molecule has 0 saturated carbocycles. The average molecular weight is 327 g/mol. The minimum Gasteiger partial charge on any atom is -0.494 e. The Balaban J connectivity index is 1.84. The van der Waals surface area contributed by atoms with Gasteiger partial charge in [0, 0.05) is 0 Å². The van der Waals surface area contributed by atoms with Crippen molar-refractivity contribution >= 4 is 17.0 Å². The zero-order valence-electron chi connectivity index (χ0n) is 13.0. The third-order valence-electron chi connectivity index (χ3n) is 3.86. The van der Waals surface area contributed by atoms with E-state index >= 15 is 0 Å². The molecule has 0 atom stereocenters. The summed E-state index contributed by atoms with van der Waals surface area (Å²) in [6.45, 7) is 1.46. The molecule has 124 valence electrons. The van der Waals surface area contributed by atoms with E-state index in [4.69, 9.17) is 15.2 Å². The van der Waals surface area contributed by atoms with Crippen LogP contribution in [0.4, 0.5) is 5.82 Å². The van der Waals surface area contributed by atoms with E-state index in [1.54, 1.807) is 4.57 Å². The molecule has 1 aromatic carbocycles. The van der Waals surface area contributed by atoms with Gasteiger partial charge in [-0.15, -0.1) is 0 Å². The third-order valence-corrected chi connectivity index (χ3v) is 3.86. The molecule has 4 rings (SSSR count). The zero-order valence-corrected chi connectivity index (χ0v) is 13.0. The molecule has 3 N–H and O–H groups in total. The van der Waals surface area contributed by atoms with Crippen molar-refractivity contribution < 1.29 is 14.6 Å². The number of rotatable bonds is 0. The maximum absolute atomic E-state index is 10.2. The number of hydrogen-bond acceptors (Lipinski definition) is 7. The van der Waals surface area contributed by atoms with Crippen LogP contribution in [0.3, 0.4) is 0 Å². The molecule has 0 unspecified atom stereocenters. The van der Waals surface area contributed by atoms with E-state index in [0.29, 0.717) is 30.9 Å². The highest BCUT2D eigenvalue weighted by Crippen LogP contribution is 2.26. The van der Waals surface area contributed by atoms with Crippen molar-refractivity contribution in [1.29, 1.82) is 0 Å². The monoisotopic (exact) mass is 327 g/mol. The molecule has 4 bridgehead atoms. The molecular formula is C16H17N5O3. The second-order valence-electron chi connectivity index (χ2n) is 5.61. The molecule has 8 nitrogen and oxygen atoms in total. The highest BCUT2D eigenvalue weighted by Gasteiger charge is 2.17. The van der Waals surface area contributed by atoms with Crippen LogP contribution in [0.5, 0.6) is 17.8 Å². The van der Waals surface area contributed by atoms with Gasteiger partial charge in [0.1, 0.15) is 5.75 Å². The Morgan fingerprint density at radius 2 is 1.92 bits per heavy atom. The maximum atomic E-state index is 10.2. The Kier molecular flexibility index (Phi) is 3.56. The number of nitrogen functional groups attached to an aromatic ring is 1. The van der Waals surface area contributed by atoms with Crippen LogP contribution in [0.15, 0.2) is 24.3 Å². The standard InChI is InChI=1S/C16H17N5O3/c17-13-12-14-20-15(19-13)24-7-2-1-6-23-11-5-3-4-10(8-11)9-21(14)16(22)18-12/h3-5,8H,1-2,6-7,9H2,(H,18,22)(H2,17,19,20). The van der Waals surface area contributed by atoms with Crippen molar-refractivity contribution in [3.63, 3.8) is 0 Å². The molecule has 3 aromatic rings. The summed E-state index contributed by atoms with van der Waals surface area (Å²) in [5.74, 6) is 0.984. The van der Waals surface area contributed by atoms with Crippen LogP contribution in [0, 0.1) is 0 Å². The number of imidazole rings is 1. The summed E-state index contributed by atoms with van der Waals surface area (Å²) >= 11 is 0. The first-order chi connectivity index (χ1) is 11.7. The minimum atomic E-state index is -0.165. The van der Waals surface area contributed by atoms with Gasteiger partial charge in [0.25, 0.3) is 6.01 Å². The fraction of sp³-hybridized carbons (Fsp3) is 0.312. The molecule has 8 heteroatoms. The number of nitrogens with zero attached hydrogens (tertiary/aromatic N) is 4. The molecule has 24 heavy (non-hydrogen) atoms. The highest BCUT2D eigenvalue weighted by molar-refractivity contribution is 5.83. The van der Waals surface area contributed by atoms with E-state index in [2.05, 4.69) is 15.0 Å². The summed E-state index contributed by atoms with van der Waals surface area (Å²) in [6, 6.07) is 7.75. The van der Waals surface area contributed by atoms with Gasteiger partial charge >= 0.3 is 6.01 Å². The van der Waals surface area contributed by atoms with Gasteiger partial charge in [0.05, 0.1) is 19.8 Å². The number of fused-ring (bicyclic) bond motifs is 3. The van der Waals surface area contributed by atoms with Gasteiger partial charge in [-0.3, -0.25) is 4.57 Å². The molecule has 1 aliphatic heterocycles. The molecule has 0 spiro atoms. The molecular weight excluding hydrogens is 310 g/mol. The second kappa shape index (κ2) is 5.88. The van der Waals surface area contributed by atoms with E-state index in [1.807, 2.05) is 24.3 Å². The first-order valence-corrected chi connectivity index (χ1v) is 7.78. The number of aromatic hydroxyl groups is 1. The van der Waals surface area contributed by atoms with Crippen LogP contribution in [0.1, 0.15) is 18.4 Å². The van der Waals surface area contributed by atoms with Gasteiger partial charge in [-0.05, 0) is 30.5 Å². The van der Waals surface area contributed by atoms with Crippen LogP contribution in [-0.2, 0) is 6.54 Å². The molecule has 2 aromatic heterocycles. The normalized spacial score (nSPS) is 14.8. The topological polar surface area (TPSA) is 108 Å². The van der Waals surface area contributed by atoms with Gasteiger partial charge in [0.2, 0.25) is 0 Å². The largest absolute Gasteiger partial charge is 0.494 e. The Bertz CT molecular complexity index is 893. The van der Waals surface area contributed by atoms with Crippen molar-refractivity contribution in [2.24, 2.45) is 0 Å². The molecule has 3 heterocycles. The SMILES string of the molecule is Nc1nc2nc3c1nc(O)n3Cc1cccc(c1)OCCCCO2. The van der Waals surface area contributed by atoms with E-state index in [9.17, 15) is 5.11 Å². The predicted molar refractivity (Wildman–Crippen MR) is 87.2 cm³/mol. The summed E-state index contributed by atoms with van der Waals surface area (Å²) in [5.41, 5.74) is 7.69. The highest BCUT2D eigenvalue weighted by atomic mass is 16.5. The lowest BCUT2D eigenvalue weighted by molar-refractivity contribution is 0.255. The number of nitrogens with two attached hydrogens (primary N) is 1. The quantitative estimate of drug-likeness (QED) is 0.647. The van der Waals surface area contributed by atoms with Crippen molar-refractivity contribution in [3.05, 3.63) is 29.8 Å². The lowest BCUT2D eigenvalue weighted by Gasteiger charge is -2.11. The number of benzene rings is 1. The average Bonchev–Trinajstić information content (AvgIpc) is 2.88. The number of aromatic nitrogens is 4. The number of hydrogen-bond donors (Lipinski definition) is 2. The zero-order chi connectivity index (χ0) is 16.5. The van der Waals surface area contributed by atoms with Crippen molar-refractivity contribution in [2.45, 2.75) is 19.4 Å². The third kappa shape index (κ3) is 2.66. The van der Waals surface area contributed by atoms with E-state index < -0.39 is 0 Å². The molecule has 0 radical (unpaired) electrons. The molecule has 0 amide bonds. The molecule has 0 fully saturated rings. The predicted octanol–water partition coefficient (Wildman–Crippen LogP) is 1.71. The number of ether oxygens (including phenoxy) is 2. The smallest absolute Gasteiger partial charge is 0.320 e. The van der Waals surface area contributed by atoms with Gasteiger partial charge in [-0.2, -0.15) is 15.0 Å². The Morgan fingerprint density at radius 1 is 1.08 bits per heavy atom. The number of anilines is 1. The van der Waals surface area contributed by atoms with Crippen molar-refractivity contribution in [3.8, 4) is 17.8 Å². The first-order valence-electron chi connectivity index (χ1n) is 7.78. The summed E-state index contributed by atoms with van der Waals surface area (Å²) in [6.07, 6.45) is 1.67. The van der Waals surface area contributed by atoms with Crippen molar-refractivity contribution in [2.75, 3.05) is 18.9 Å². The maximum Gasteiger partial charge on any atom is 0.320 e. The molecule has 0 saturated heterocycles. The first kappa shape index (κ1) is 14.6. The van der Waals surface area contributed by atoms with Crippen molar-refractivity contribution in [1.82, 2.24) is 19.5 Å². The van der Waals surface area contributed by atoms with E-state index in [-0.39, 0.29) is 17.8 Å². The fourth-order valence-corrected chi connectivity index (χ4v) is 2.67. The summed E-state index contributed by atoms with van der Waals surface area (Å²) in [4.78, 5) is 12.5. The summed E-state index contributed by atoms with van der Waals surface area (Å²) in [7, 11) is 0. The van der Waals surface area contributed by atoms with Crippen LogP contribution >= 0.6 is 0 Å². The fourth-order valence-electron chi connectivity index (χ4n) is 2.67. The second-order valence-corrected chi connectivity index (χ2v) is 5.61. The minimum absolute atomic E-state index is 0.165. The van der Waals surface area contributed by atoms with E-state index in [0.717, 1.165) is 24.2 Å². The Hall–Kier alpha value is -3.03. The van der Waals surface area contributed by atoms with Gasteiger partial charge < -0.3 is 20.3 Å². The van der Waals surface area contributed by atoms with Crippen LogP contribution in [0.2, 0.25) is 0 Å². The van der Waals surface area contributed by atoms with Gasteiger partial charge in [-0.1, -0.05) is 12.1 Å². The molecule has 1 aliphatic rings. The Labute approximate surface area is 137 Å². The molecule has 0 aliphatic carbocycles.